The summed E-state index contributed by atoms with van der Waals surface area (Å²) >= 11 is 0. The number of benzene rings is 2. The Kier molecular flexibility index (Phi) is 3.99. The number of carbonyl (C=O) groups is 2. The van der Waals surface area contributed by atoms with Gasteiger partial charge in [-0.2, -0.15) is 0 Å². The number of ether oxygens (including phenoxy) is 2. The van der Waals surface area contributed by atoms with Crippen LogP contribution in [-0.2, 0) is 16.6 Å². The first-order valence-electron chi connectivity index (χ1n) is 10.9. The highest BCUT2D eigenvalue weighted by Gasteiger charge is 2.65. The summed E-state index contributed by atoms with van der Waals surface area (Å²) in [4.78, 5) is 27.0. The number of aromatic carboxylic acids is 1. The van der Waals surface area contributed by atoms with Crippen molar-refractivity contribution in [1.29, 1.82) is 0 Å². The molecule has 1 fully saturated rings. The Morgan fingerprint density at radius 1 is 1.16 bits per heavy atom. The van der Waals surface area contributed by atoms with Crippen LogP contribution in [0.4, 0.5) is 0 Å². The van der Waals surface area contributed by atoms with Crippen molar-refractivity contribution in [3.05, 3.63) is 70.8 Å². The fourth-order valence-corrected chi connectivity index (χ4v) is 6.36. The average Bonchev–Trinajstić information content (AvgIpc) is 3.14. The molecule has 164 valence electrons. The van der Waals surface area contributed by atoms with Crippen LogP contribution in [0.5, 0.6) is 11.5 Å². The van der Waals surface area contributed by atoms with Crippen LogP contribution in [0.2, 0.25) is 0 Å². The molecule has 2 aliphatic heterocycles. The summed E-state index contributed by atoms with van der Waals surface area (Å²) in [5, 5.41) is 20.0. The number of carboxylic acid groups (broad SMARTS) is 1. The van der Waals surface area contributed by atoms with E-state index in [-0.39, 0.29) is 28.2 Å². The highest BCUT2D eigenvalue weighted by Crippen LogP contribution is 2.62. The minimum atomic E-state index is -1.18. The molecule has 6 rings (SSSR count). The van der Waals surface area contributed by atoms with Gasteiger partial charge in [0.1, 0.15) is 6.10 Å². The lowest BCUT2D eigenvalue weighted by atomic mass is 9.53. The molecule has 4 aliphatic rings. The summed E-state index contributed by atoms with van der Waals surface area (Å²) < 4.78 is 12.2. The molecule has 1 spiro atoms. The summed E-state index contributed by atoms with van der Waals surface area (Å²) in [5.74, 6) is -1.10. The third-order valence-corrected chi connectivity index (χ3v) is 7.75. The molecule has 1 saturated heterocycles. The van der Waals surface area contributed by atoms with E-state index in [1.54, 1.807) is 18.2 Å². The number of hydrogen-bond donors (Lipinski definition) is 2. The molecule has 0 unspecified atom stereocenters. The molecule has 5 atom stereocenters. The van der Waals surface area contributed by atoms with E-state index in [4.69, 9.17) is 9.47 Å². The number of carboxylic acids is 1. The van der Waals surface area contributed by atoms with Crippen LogP contribution < -0.4 is 4.74 Å². The highest BCUT2D eigenvalue weighted by molar-refractivity contribution is 6.02. The number of hydrogen-bond acceptors (Lipinski definition) is 6. The SMILES string of the molecule is CN1CC[C@]23c4c5ccc(O)c4O[C@H]2[C@@H](OC(=O)c2ccccc2C(=O)O)C=C[C@H]3[C@H]1C5. The molecular weight excluding hydrogens is 410 g/mol. The molecule has 0 radical (unpaired) electrons. The van der Waals surface area contributed by atoms with Crippen LogP contribution in [0.1, 0.15) is 38.3 Å². The molecule has 0 saturated carbocycles. The van der Waals surface area contributed by atoms with E-state index in [1.807, 2.05) is 12.1 Å². The summed E-state index contributed by atoms with van der Waals surface area (Å²) in [7, 11) is 2.14. The number of aromatic hydroxyl groups is 1. The van der Waals surface area contributed by atoms with E-state index >= 15 is 0 Å². The van der Waals surface area contributed by atoms with E-state index in [9.17, 15) is 19.8 Å². The molecular formula is C25H23NO6. The molecule has 2 aliphatic carbocycles. The van der Waals surface area contributed by atoms with Crippen molar-refractivity contribution in [3.63, 3.8) is 0 Å². The predicted molar refractivity (Wildman–Crippen MR) is 114 cm³/mol. The van der Waals surface area contributed by atoms with Crippen molar-refractivity contribution in [1.82, 2.24) is 4.90 Å². The fourth-order valence-electron chi connectivity index (χ4n) is 6.36. The number of esters is 1. The molecule has 32 heavy (non-hydrogen) atoms. The number of piperidine rings is 1. The zero-order valence-electron chi connectivity index (χ0n) is 17.5. The Morgan fingerprint density at radius 3 is 2.72 bits per heavy atom. The quantitative estimate of drug-likeness (QED) is 0.568. The Bertz CT molecular complexity index is 1190. The second-order valence-corrected chi connectivity index (χ2v) is 9.16. The van der Waals surface area contributed by atoms with E-state index in [0.717, 1.165) is 24.9 Å². The largest absolute Gasteiger partial charge is 0.504 e. The lowest BCUT2D eigenvalue weighted by Gasteiger charge is -2.56. The lowest BCUT2D eigenvalue weighted by molar-refractivity contribution is -0.0556. The van der Waals surface area contributed by atoms with Crippen molar-refractivity contribution in [3.8, 4) is 11.5 Å². The number of phenols is 1. The van der Waals surface area contributed by atoms with Crippen molar-refractivity contribution in [2.24, 2.45) is 5.92 Å². The van der Waals surface area contributed by atoms with Crippen LogP contribution in [-0.4, -0.2) is 58.9 Å². The average molecular weight is 433 g/mol. The molecule has 2 bridgehead atoms. The minimum Gasteiger partial charge on any atom is -0.504 e. The minimum absolute atomic E-state index is 0.0111. The number of phenolic OH excluding ortho intramolecular Hbond substituents is 1. The number of likely N-dealkylation sites (tertiary alicyclic amines) is 1. The standard InChI is InChI=1S/C25H23NO6/c1-26-11-10-25-16-7-9-19(31-24(30)15-5-3-2-4-14(15)23(28)29)22(25)32-21-18(27)8-6-13(20(21)25)12-17(16)26/h2-9,16-17,19,22,27H,10-12H2,1H3,(H,28,29)/t16-,17+,19-,22-,25-/m0/s1. The summed E-state index contributed by atoms with van der Waals surface area (Å²) in [6, 6.07) is 10.00. The molecule has 0 aromatic heterocycles. The van der Waals surface area contributed by atoms with Crippen LogP contribution in [0.15, 0.2) is 48.6 Å². The molecule has 2 aromatic rings. The number of nitrogens with zero attached hydrogens (tertiary/aromatic N) is 1. The molecule has 2 N–H and O–H groups in total. The van der Waals surface area contributed by atoms with Crippen LogP contribution in [0.25, 0.3) is 0 Å². The summed E-state index contributed by atoms with van der Waals surface area (Å²) in [6.07, 6.45) is 4.53. The van der Waals surface area contributed by atoms with Gasteiger partial charge in [-0.3, -0.25) is 0 Å². The van der Waals surface area contributed by atoms with Gasteiger partial charge in [0.2, 0.25) is 0 Å². The Balaban J connectivity index is 1.42. The smallest absolute Gasteiger partial charge is 0.339 e. The molecule has 2 aromatic carbocycles. The summed E-state index contributed by atoms with van der Waals surface area (Å²) in [6.45, 7) is 0.881. The van der Waals surface area contributed by atoms with Gasteiger partial charge < -0.3 is 24.6 Å². The van der Waals surface area contributed by atoms with Gasteiger partial charge in [0, 0.05) is 22.9 Å². The first-order chi connectivity index (χ1) is 15.4. The first-order valence-corrected chi connectivity index (χ1v) is 10.9. The molecule has 0 amide bonds. The van der Waals surface area contributed by atoms with Gasteiger partial charge >= 0.3 is 11.9 Å². The molecule has 7 nitrogen and oxygen atoms in total. The van der Waals surface area contributed by atoms with Gasteiger partial charge in [-0.05, 0) is 56.3 Å². The van der Waals surface area contributed by atoms with Gasteiger partial charge in [-0.15, -0.1) is 0 Å². The zero-order valence-corrected chi connectivity index (χ0v) is 17.5. The Hall–Kier alpha value is -3.32. The topological polar surface area (TPSA) is 96.3 Å². The monoisotopic (exact) mass is 433 g/mol. The Labute approximate surface area is 184 Å². The number of likely N-dealkylation sites (N-methyl/N-ethyl adjacent to an activating group) is 1. The Morgan fingerprint density at radius 2 is 1.94 bits per heavy atom. The van der Waals surface area contributed by atoms with Gasteiger partial charge in [0.05, 0.1) is 11.1 Å². The van der Waals surface area contributed by atoms with E-state index < -0.39 is 24.1 Å². The van der Waals surface area contributed by atoms with Gasteiger partial charge in [-0.25, -0.2) is 9.59 Å². The predicted octanol–water partition coefficient (Wildman–Crippen LogP) is 2.76. The van der Waals surface area contributed by atoms with Crippen molar-refractivity contribution >= 4 is 11.9 Å². The molecule has 2 heterocycles. The third-order valence-electron chi connectivity index (χ3n) is 7.75. The van der Waals surface area contributed by atoms with Gasteiger partial charge in [0.15, 0.2) is 17.6 Å². The van der Waals surface area contributed by atoms with E-state index in [1.165, 1.54) is 17.7 Å². The summed E-state index contributed by atoms with van der Waals surface area (Å²) in [5.41, 5.74) is 1.75. The highest BCUT2D eigenvalue weighted by atomic mass is 16.6. The van der Waals surface area contributed by atoms with Crippen LogP contribution in [0, 0.1) is 5.92 Å². The van der Waals surface area contributed by atoms with Gasteiger partial charge in [-0.1, -0.05) is 24.3 Å². The third kappa shape index (κ3) is 2.40. The second-order valence-electron chi connectivity index (χ2n) is 9.16. The zero-order chi connectivity index (χ0) is 22.2. The van der Waals surface area contributed by atoms with Crippen LogP contribution >= 0.6 is 0 Å². The lowest BCUT2D eigenvalue weighted by Crippen LogP contribution is -2.65. The van der Waals surface area contributed by atoms with Crippen molar-refractivity contribution < 1.29 is 29.3 Å². The first kappa shape index (κ1) is 19.4. The molecule has 7 heteroatoms. The maximum absolute atomic E-state index is 13.0. The van der Waals surface area contributed by atoms with Crippen LogP contribution in [0.3, 0.4) is 0 Å². The second kappa shape index (κ2) is 6.59. The number of rotatable bonds is 3. The maximum Gasteiger partial charge on any atom is 0.339 e. The van der Waals surface area contributed by atoms with E-state index in [2.05, 4.69) is 18.0 Å². The number of carbonyl (C=O) groups excluding carboxylic acids is 1. The van der Waals surface area contributed by atoms with Crippen molar-refractivity contribution in [2.75, 3.05) is 13.6 Å². The normalized spacial score (nSPS) is 31.5. The van der Waals surface area contributed by atoms with E-state index in [0.29, 0.717) is 11.8 Å². The maximum atomic E-state index is 13.0. The fraction of sp³-hybridized carbons (Fsp3) is 0.360. The van der Waals surface area contributed by atoms with Crippen molar-refractivity contribution in [2.45, 2.75) is 36.5 Å². The van der Waals surface area contributed by atoms with Gasteiger partial charge in [0.25, 0.3) is 0 Å².